The number of methoxy groups -OCH3 is 1. The summed E-state index contributed by atoms with van der Waals surface area (Å²) in [6, 6.07) is 6.32. The highest BCUT2D eigenvalue weighted by Gasteiger charge is 2.25. The van der Waals surface area contributed by atoms with Crippen molar-refractivity contribution in [2.45, 2.75) is 26.2 Å². The maximum absolute atomic E-state index is 11.4. The van der Waals surface area contributed by atoms with E-state index in [4.69, 9.17) is 4.74 Å². The number of benzene rings is 1. The molecule has 1 aromatic carbocycles. The predicted molar refractivity (Wildman–Crippen MR) is 58.7 cm³/mol. The van der Waals surface area contributed by atoms with Gasteiger partial charge in [0.25, 0.3) is 0 Å². The zero-order chi connectivity index (χ0) is 10.8. The molecule has 15 heavy (non-hydrogen) atoms. The first-order chi connectivity index (χ1) is 7.22. The average Bonchev–Trinajstić information content (AvgIpc) is 2.28. The number of rotatable bonds is 1. The Morgan fingerprint density at radius 3 is 3.00 bits per heavy atom. The number of carbonyl (C=O) groups is 1. The van der Waals surface area contributed by atoms with Crippen molar-refractivity contribution in [1.82, 2.24) is 0 Å². The van der Waals surface area contributed by atoms with Crippen LogP contribution < -0.4 is 0 Å². The van der Waals surface area contributed by atoms with Gasteiger partial charge in [-0.1, -0.05) is 18.2 Å². The Morgan fingerprint density at radius 1 is 1.47 bits per heavy atom. The maximum atomic E-state index is 11.4. The molecule has 0 spiro atoms. The molecule has 0 amide bonds. The van der Waals surface area contributed by atoms with Crippen LogP contribution in [0.1, 0.15) is 23.1 Å². The zero-order valence-corrected chi connectivity index (χ0v) is 9.25. The first-order valence-corrected chi connectivity index (χ1v) is 5.37. The van der Waals surface area contributed by atoms with Gasteiger partial charge in [0.2, 0.25) is 0 Å². The van der Waals surface area contributed by atoms with Crippen LogP contribution in [0.3, 0.4) is 0 Å². The summed E-state index contributed by atoms with van der Waals surface area (Å²) in [5, 5.41) is 0. The normalized spacial score (nSPS) is 19.5. The van der Waals surface area contributed by atoms with Gasteiger partial charge in [0.05, 0.1) is 13.0 Å². The van der Waals surface area contributed by atoms with E-state index in [-0.39, 0.29) is 11.9 Å². The topological polar surface area (TPSA) is 26.3 Å². The maximum Gasteiger partial charge on any atom is 0.309 e. The van der Waals surface area contributed by atoms with E-state index in [0.29, 0.717) is 0 Å². The number of ether oxygens (including phenoxy) is 1. The molecule has 1 unspecified atom stereocenters. The highest BCUT2D eigenvalue weighted by atomic mass is 16.5. The lowest BCUT2D eigenvalue weighted by atomic mass is 9.82. The molecule has 80 valence electrons. The van der Waals surface area contributed by atoms with E-state index in [0.717, 1.165) is 19.3 Å². The van der Waals surface area contributed by atoms with Gasteiger partial charge in [0.1, 0.15) is 0 Å². The molecule has 0 bridgehead atoms. The average molecular weight is 204 g/mol. The third-order valence-electron chi connectivity index (χ3n) is 3.25. The molecule has 0 radical (unpaired) electrons. The Balaban J connectivity index is 2.24. The molecular weight excluding hydrogens is 188 g/mol. The van der Waals surface area contributed by atoms with E-state index in [2.05, 4.69) is 25.1 Å². The fourth-order valence-corrected chi connectivity index (χ4v) is 2.37. The molecule has 0 fully saturated rings. The summed E-state index contributed by atoms with van der Waals surface area (Å²) in [4.78, 5) is 11.4. The molecule has 0 heterocycles. The molecule has 0 saturated heterocycles. The second-order valence-corrected chi connectivity index (χ2v) is 4.18. The number of fused-ring (bicyclic) bond motifs is 1. The monoisotopic (exact) mass is 204 g/mol. The van der Waals surface area contributed by atoms with Gasteiger partial charge >= 0.3 is 5.97 Å². The van der Waals surface area contributed by atoms with Crippen molar-refractivity contribution >= 4 is 5.97 Å². The van der Waals surface area contributed by atoms with Crippen molar-refractivity contribution in [2.75, 3.05) is 7.11 Å². The Morgan fingerprint density at radius 2 is 2.27 bits per heavy atom. The van der Waals surface area contributed by atoms with E-state index in [1.54, 1.807) is 0 Å². The number of hydrogen-bond donors (Lipinski definition) is 0. The molecule has 1 atom stereocenters. The van der Waals surface area contributed by atoms with Crippen molar-refractivity contribution in [3.05, 3.63) is 34.9 Å². The fourth-order valence-electron chi connectivity index (χ4n) is 2.37. The Bertz CT molecular complexity index is 382. The minimum atomic E-state index is -0.0674. The highest BCUT2D eigenvalue weighted by molar-refractivity contribution is 5.73. The lowest BCUT2D eigenvalue weighted by Gasteiger charge is -2.23. The van der Waals surface area contributed by atoms with Crippen molar-refractivity contribution in [3.8, 4) is 0 Å². The summed E-state index contributed by atoms with van der Waals surface area (Å²) < 4.78 is 4.80. The van der Waals surface area contributed by atoms with Crippen LogP contribution in [0, 0.1) is 12.8 Å². The van der Waals surface area contributed by atoms with E-state index in [1.807, 2.05) is 0 Å². The minimum Gasteiger partial charge on any atom is -0.469 e. The van der Waals surface area contributed by atoms with E-state index >= 15 is 0 Å². The molecule has 2 heteroatoms. The molecule has 0 aliphatic heterocycles. The molecule has 0 aromatic heterocycles. The Labute approximate surface area is 90.3 Å². The molecular formula is C13H16O2. The van der Waals surface area contributed by atoms with E-state index in [1.165, 1.54) is 23.8 Å². The summed E-state index contributed by atoms with van der Waals surface area (Å²) in [6.07, 6.45) is 2.76. The van der Waals surface area contributed by atoms with Crippen molar-refractivity contribution < 1.29 is 9.53 Å². The van der Waals surface area contributed by atoms with Crippen molar-refractivity contribution in [3.63, 3.8) is 0 Å². The molecule has 2 rings (SSSR count). The van der Waals surface area contributed by atoms with Crippen LogP contribution in [0.2, 0.25) is 0 Å². The summed E-state index contributed by atoms with van der Waals surface area (Å²) >= 11 is 0. The van der Waals surface area contributed by atoms with Gasteiger partial charge in [-0.25, -0.2) is 0 Å². The number of aryl methyl sites for hydroxylation is 1. The van der Waals surface area contributed by atoms with Gasteiger partial charge in [-0.3, -0.25) is 4.79 Å². The molecule has 2 nitrogen and oxygen atoms in total. The van der Waals surface area contributed by atoms with Crippen LogP contribution in [0.5, 0.6) is 0 Å². The third kappa shape index (κ3) is 1.89. The minimum absolute atomic E-state index is 0.0595. The van der Waals surface area contributed by atoms with Crippen LogP contribution in [0.4, 0.5) is 0 Å². The number of hydrogen-bond acceptors (Lipinski definition) is 2. The predicted octanol–water partition coefficient (Wildman–Crippen LogP) is 2.27. The SMILES string of the molecule is COC(=O)C1CCc2c(C)cccc2C1. The van der Waals surface area contributed by atoms with Crippen molar-refractivity contribution in [2.24, 2.45) is 5.92 Å². The molecule has 0 N–H and O–H groups in total. The van der Waals surface area contributed by atoms with Crippen LogP contribution in [0.15, 0.2) is 18.2 Å². The van der Waals surface area contributed by atoms with Gasteiger partial charge in [-0.15, -0.1) is 0 Å². The molecule has 0 saturated carbocycles. The first-order valence-electron chi connectivity index (χ1n) is 5.37. The standard InChI is InChI=1S/C13H16O2/c1-9-4-3-5-10-8-11(13(14)15-2)6-7-12(9)10/h3-5,11H,6-8H2,1-2H3. The summed E-state index contributed by atoms with van der Waals surface area (Å²) in [7, 11) is 1.47. The second-order valence-electron chi connectivity index (χ2n) is 4.18. The van der Waals surface area contributed by atoms with Gasteiger partial charge in [0, 0.05) is 0 Å². The van der Waals surface area contributed by atoms with Crippen LogP contribution in [-0.4, -0.2) is 13.1 Å². The summed E-state index contributed by atoms with van der Waals surface area (Å²) in [6.45, 7) is 2.14. The molecule has 1 aliphatic carbocycles. The van der Waals surface area contributed by atoms with Crippen LogP contribution in [-0.2, 0) is 22.4 Å². The van der Waals surface area contributed by atoms with Gasteiger partial charge in [-0.2, -0.15) is 0 Å². The first kappa shape index (κ1) is 10.2. The van der Waals surface area contributed by atoms with E-state index < -0.39 is 0 Å². The fraction of sp³-hybridized carbons (Fsp3) is 0.462. The lowest BCUT2D eigenvalue weighted by molar-refractivity contribution is -0.145. The van der Waals surface area contributed by atoms with Gasteiger partial charge in [0.15, 0.2) is 0 Å². The summed E-state index contributed by atoms with van der Waals surface area (Å²) in [5.41, 5.74) is 4.09. The Hall–Kier alpha value is -1.31. The molecule has 1 aliphatic rings. The zero-order valence-electron chi connectivity index (χ0n) is 9.25. The van der Waals surface area contributed by atoms with Crippen LogP contribution in [0.25, 0.3) is 0 Å². The largest absolute Gasteiger partial charge is 0.469 e. The van der Waals surface area contributed by atoms with E-state index in [9.17, 15) is 4.79 Å². The summed E-state index contributed by atoms with van der Waals surface area (Å²) in [5.74, 6) is -0.00791. The second kappa shape index (κ2) is 4.05. The number of esters is 1. The lowest BCUT2D eigenvalue weighted by Crippen LogP contribution is -2.24. The van der Waals surface area contributed by atoms with Crippen LogP contribution >= 0.6 is 0 Å². The highest BCUT2D eigenvalue weighted by Crippen LogP contribution is 2.28. The molecule has 1 aromatic rings. The Kier molecular flexibility index (Phi) is 2.76. The third-order valence-corrected chi connectivity index (χ3v) is 3.25. The van der Waals surface area contributed by atoms with Gasteiger partial charge < -0.3 is 4.74 Å². The van der Waals surface area contributed by atoms with Crippen molar-refractivity contribution in [1.29, 1.82) is 0 Å². The quantitative estimate of drug-likeness (QED) is 0.656. The van der Waals surface area contributed by atoms with Gasteiger partial charge in [-0.05, 0) is 42.9 Å². The smallest absolute Gasteiger partial charge is 0.309 e. The number of carbonyl (C=O) groups excluding carboxylic acids is 1.